The highest BCUT2D eigenvalue weighted by molar-refractivity contribution is 7.18. The number of rotatable bonds is 2. The number of nitrogens with zero attached hydrogens (tertiary/aromatic N) is 2. The van der Waals surface area contributed by atoms with Gasteiger partial charge in [0.05, 0.1) is 10.9 Å². The van der Waals surface area contributed by atoms with Gasteiger partial charge in [0, 0.05) is 6.07 Å². The highest BCUT2D eigenvalue weighted by atomic mass is 32.1. The summed E-state index contributed by atoms with van der Waals surface area (Å²) in [4.78, 5) is 24.7. The van der Waals surface area contributed by atoms with E-state index in [2.05, 4.69) is 4.98 Å². The van der Waals surface area contributed by atoms with Crippen molar-refractivity contribution in [1.29, 1.82) is 0 Å². The van der Waals surface area contributed by atoms with Crippen LogP contribution < -0.4 is 11.3 Å². The van der Waals surface area contributed by atoms with Crippen LogP contribution in [0.25, 0.3) is 10.6 Å². The van der Waals surface area contributed by atoms with Gasteiger partial charge in [0.2, 0.25) is 0 Å². The molecular weight excluding hydrogens is 234 g/mol. The third-order valence-electron chi connectivity index (χ3n) is 1.70. The summed E-state index contributed by atoms with van der Waals surface area (Å²) in [5.74, 6) is -0.159. The van der Waals surface area contributed by atoms with Crippen LogP contribution in [0.15, 0.2) is 27.4 Å². The molecule has 0 aliphatic carbocycles. The van der Waals surface area contributed by atoms with Crippen LogP contribution in [-0.4, -0.2) is 9.91 Å². The van der Waals surface area contributed by atoms with Crippen molar-refractivity contribution in [1.82, 2.24) is 4.98 Å². The number of hydrogen-bond donors (Lipinski definition) is 1. The summed E-state index contributed by atoms with van der Waals surface area (Å²) in [6, 6.07) is 3.83. The van der Waals surface area contributed by atoms with E-state index in [0.717, 1.165) is 11.3 Å². The standard InChI is InChI=1S/C8H5N3O4S/c9-8-10-6(12)3-5(16-8)4-1-2-7(15-4)11(13)14/h1-3H,(H2,9,10,12). The number of anilines is 1. The number of nitro groups is 1. The Bertz CT molecular complexity index is 603. The van der Waals surface area contributed by atoms with Gasteiger partial charge >= 0.3 is 5.88 Å². The Morgan fingerprint density at radius 1 is 1.50 bits per heavy atom. The van der Waals surface area contributed by atoms with Crippen LogP contribution in [0.1, 0.15) is 0 Å². The van der Waals surface area contributed by atoms with Crippen LogP contribution in [0.2, 0.25) is 0 Å². The lowest BCUT2D eigenvalue weighted by molar-refractivity contribution is -0.401. The van der Waals surface area contributed by atoms with Crippen molar-refractivity contribution < 1.29 is 9.34 Å². The monoisotopic (exact) mass is 239 g/mol. The maximum atomic E-state index is 11.1. The molecule has 0 amide bonds. The molecule has 0 aliphatic heterocycles. The van der Waals surface area contributed by atoms with E-state index >= 15 is 0 Å². The molecule has 2 aromatic rings. The maximum Gasteiger partial charge on any atom is 0.433 e. The Morgan fingerprint density at radius 3 is 2.81 bits per heavy atom. The molecule has 0 unspecified atom stereocenters. The fourth-order valence-electron chi connectivity index (χ4n) is 1.10. The first kappa shape index (κ1) is 10.3. The molecule has 16 heavy (non-hydrogen) atoms. The number of furan rings is 1. The second-order valence-electron chi connectivity index (χ2n) is 2.79. The van der Waals surface area contributed by atoms with Crippen molar-refractivity contribution in [2.45, 2.75) is 0 Å². The summed E-state index contributed by atoms with van der Waals surface area (Å²) < 4.78 is 4.93. The van der Waals surface area contributed by atoms with Gasteiger partial charge in [-0.05, 0) is 6.07 Å². The Labute approximate surface area is 92.3 Å². The summed E-state index contributed by atoms with van der Waals surface area (Å²) in [6.07, 6.45) is 0. The predicted octanol–water partition coefficient (Wildman–Crippen LogP) is 1.25. The summed E-state index contributed by atoms with van der Waals surface area (Å²) in [6.45, 7) is 0. The number of hydrogen-bond acceptors (Lipinski definition) is 7. The Hall–Kier alpha value is -2.22. The first-order valence-corrected chi connectivity index (χ1v) is 4.90. The van der Waals surface area contributed by atoms with E-state index < -0.39 is 10.5 Å². The highest BCUT2D eigenvalue weighted by Crippen LogP contribution is 2.29. The molecule has 0 atom stereocenters. The maximum absolute atomic E-state index is 11.1. The topological polar surface area (TPSA) is 112 Å². The van der Waals surface area contributed by atoms with E-state index in [1.807, 2.05) is 0 Å². The van der Waals surface area contributed by atoms with Crippen molar-refractivity contribution in [3.8, 4) is 10.6 Å². The normalized spacial score (nSPS) is 10.2. The first-order valence-electron chi connectivity index (χ1n) is 4.08. The smallest absolute Gasteiger partial charge is 0.400 e. The lowest BCUT2D eigenvalue weighted by Crippen LogP contribution is -2.05. The molecule has 0 aromatic carbocycles. The zero-order valence-corrected chi connectivity index (χ0v) is 8.56. The Balaban J connectivity index is 2.50. The molecule has 2 heterocycles. The molecule has 0 radical (unpaired) electrons. The van der Waals surface area contributed by atoms with E-state index in [4.69, 9.17) is 10.2 Å². The molecule has 82 valence electrons. The van der Waals surface area contributed by atoms with Gasteiger partial charge in [-0.1, -0.05) is 11.3 Å². The van der Waals surface area contributed by atoms with E-state index in [-0.39, 0.29) is 16.8 Å². The van der Waals surface area contributed by atoms with Crippen molar-refractivity contribution in [2.75, 3.05) is 5.73 Å². The lowest BCUT2D eigenvalue weighted by atomic mass is 10.4. The SMILES string of the molecule is Nc1nc(=O)cc(-c2ccc([N+](=O)[O-])o2)s1. The van der Waals surface area contributed by atoms with Gasteiger partial charge < -0.3 is 10.2 Å². The summed E-state index contributed by atoms with van der Waals surface area (Å²) in [5, 5.41) is 10.5. The van der Waals surface area contributed by atoms with Crippen molar-refractivity contribution in [3.63, 3.8) is 0 Å². The molecule has 0 bridgehead atoms. The third kappa shape index (κ3) is 1.91. The van der Waals surface area contributed by atoms with Gasteiger partial charge in [0.15, 0.2) is 10.9 Å². The fourth-order valence-corrected chi connectivity index (χ4v) is 1.83. The van der Waals surface area contributed by atoms with Crippen LogP contribution >= 0.6 is 11.3 Å². The van der Waals surface area contributed by atoms with Gasteiger partial charge in [-0.3, -0.25) is 14.9 Å². The molecule has 0 fully saturated rings. The second kappa shape index (κ2) is 3.74. The largest absolute Gasteiger partial charge is 0.433 e. The zero-order chi connectivity index (χ0) is 11.7. The summed E-state index contributed by atoms with van der Waals surface area (Å²) in [5.41, 5.74) is 4.89. The van der Waals surface area contributed by atoms with Crippen LogP contribution in [0.4, 0.5) is 11.0 Å². The van der Waals surface area contributed by atoms with Crippen LogP contribution in [0, 0.1) is 10.1 Å². The van der Waals surface area contributed by atoms with Crippen molar-refractivity contribution in [2.24, 2.45) is 0 Å². The molecule has 7 nitrogen and oxygen atoms in total. The van der Waals surface area contributed by atoms with Crippen LogP contribution in [0.3, 0.4) is 0 Å². The van der Waals surface area contributed by atoms with Crippen molar-refractivity contribution in [3.05, 3.63) is 38.7 Å². The average Bonchev–Trinajstić information content (AvgIpc) is 2.64. The van der Waals surface area contributed by atoms with Gasteiger partial charge in [0.1, 0.15) is 4.92 Å². The highest BCUT2D eigenvalue weighted by Gasteiger charge is 2.14. The van der Waals surface area contributed by atoms with E-state index in [0.29, 0.717) is 4.88 Å². The zero-order valence-electron chi connectivity index (χ0n) is 7.75. The van der Waals surface area contributed by atoms with E-state index in [1.54, 1.807) is 0 Å². The minimum absolute atomic E-state index is 0.0848. The molecule has 0 saturated heterocycles. The Kier molecular flexibility index (Phi) is 2.41. The number of nitrogens with two attached hydrogens (primary N) is 1. The molecule has 2 rings (SSSR count). The minimum atomic E-state index is -0.656. The quantitative estimate of drug-likeness (QED) is 0.623. The van der Waals surface area contributed by atoms with Gasteiger partial charge in [0.25, 0.3) is 5.56 Å². The molecule has 0 aliphatic rings. The average molecular weight is 239 g/mol. The van der Waals surface area contributed by atoms with Gasteiger partial charge in [-0.15, -0.1) is 0 Å². The predicted molar refractivity (Wildman–Crippen MR) is 57.2 cm³/mol. The van der Waals surface area contributed by atoms with Crippen LogP contribution in [-0.2, 0) is 0 Å². The molecule has 2 N–H and O–H groups in total. The lowest BCUT2D eigenvalue weighted by Gasteiger charge is -1.94. The van der Waals surface area contributed by atoms with Crippen LogP contribution in [0.5, 0.6) is 0 Å². The van der Waals surface area contributed by atoms with E-state index in [9.17, 15) is 14.9 Å². The molecule has 2 aromatic heterocycles. The second-order valence-corrected chi connectivity index (χ2v) is 3.86. The molecule has 0 saturated carbocycles. The number of aromatic nitrogens is 1. The van der Waals surface area contributed by atoms with Crippen molar-refractivity contribution >= 4 is 22.4 Å². The molecule has 0 spiro atoms. The molecular formula is C8H5N3O4S. The van der Waals surface area contributed by atoms with E-state index in [1.165, 1.54) is 18.2 Å². The van der Waals surface area contributed by atoms with Gasteiger partial charge in [-0.2, -0.15) is 4.98 Å². The molecule has 8 heteroatoms. The summed E-state index contributed by atoms with van der Waals surface area (Å²) >= 11 is 1.02. The number of nitrogen functional groups attached to an aromatic ring is 1. The summed E-state index contributed by atoms with van der Waals surface area (Å²) in [7, 11) is 0. The minimum Gasteiger partial charge on any atom is -0.400 e. The Morgan fingerprint density at radius 2 is 2.25 bits per heavy atom. The fraction of sp³-hybridized carbons (Fsp3) is 0. The third-order valence-corrected chi connectivity index (χ3v) is 2.54. The van der Waals surface area contributed by atoms with Gasteiger partial charge in [-0.25, -0.2) is 0 Å². The first-order chi connectivity index (χ1) is 7.56.